The van der Waals surface area contributed by atoms with Gasteiger partial charge in [-0.25, -0.2) is 0 Å². The Morgan fingerprint density at radius 1 is 1.00 bits per heavy atom. The number of aliphatic hydroxyl groups excluding tert-OH is 1. The van der Waals surface area contributed by atoms with Crippen LogP contribution in [0.1, 0.15) is 28.3 Å². The Hall–Kier alpha value is -4.47. The van der Waals surface area contributed by atoms with Crippen LogP contribution in [0.15, 0.2) is 78.4 Å². The van der Waals surface area contributed by atoms with E-state index in [0.29, 0.717) is 5.56 Å². The molecule has 7 nitrogen and oxygen atoms in total. The Morgan fingerprint density at radius 3 is 2.26 bits per heavy atom. The van der Waals surface area contributed by atoms with E-state index in [1.165, 1.54) is 18.2 Å². The van der Waals surface area contributed by atoms with E-state index in [9.17, 15) is 38.0 Å². The Morgan fingerprint density at radius 2 is 1.66 bits per heavy atom. The predicted octanol–water partition coefficient (Wildman–Crippen LogP) is 5.55. The number of nitro benzene ring substituents is 1. The fraction of sp³-hybridized carbons (Fsp3) is 0.120. The fourth-order valence-electron chi connectivity index (χ4n) is 3.99. The number of benzene rings is 3. The van der Waals surface area contributed by atoms with E-state index in [1.807, 2.05) is 0 Å². The van der Waals surface area contributed by atoms with Crippen molar-refractivity contribution in [1.82, 2.24) is 0 Å². The molecule has 35 heavy (non-hydrogen) atoms. The molecule has 1 aliphatic heterocycles. The van der Waals surface area contributed by atoms with Crippen LogP contribution in [0.2, 0.25) is 0 Å². The summed E-state index contributed by atoms with van der Waals surface area (Å²) >= 11 is 0. The summed E-state index contributed by atoms with van der Waals surface area (Å²) in [7, 11) is 0. The zero-order chi connectivity index (χ0) is 25.5. The molecule has 1 heterocycles. The lowest BCUT2D eigenvalue weighted by atomic mass is 9.94. The molecule has 4 rings (SSSR count). The van der Waals surface area contributed by atoms with Crippen molar-refractivity contribution in [3.8, 4) is 0 Å². The number of hydrogen-bond donors (Lipinski definition) is 1. The lowest BCUT2D eigenvalue weighted by Crippen LogP contribution is -2.29. The number of carbonyl (C=O) groups is 2. The van der Waals surface area contributed by atoms with Crippen LogP contribution < -0.4 is 4.90 Å². The first kappa shape index (κ1) is 23.7. The molecule has 1 saturated heterocycles. The van der Waals surface area contributed by atoms with Crippen LogP contribution in [0.5, 0.6) is 0 Å². The SMILES string of the molecule is Cc1cccc(C2/C(=C(/O)c3cccc([N+](=O)[O-])c3)C(=O)C(=O)N2c2ccc(C(F)(F)F)cc2)c1. The Kier molecular flexibility index (Phi) is 5.89. The highest BCUT2D eigenvalue weighted by Crippen LogP contribution is 2.43. The van der Waals surface area contributed by atoms with Crippen LogP contribution in [0.3, 0.4) is 0 Å². The minimum Gasteiger partial charge on any atom is -0.507 e. The van der Waals surface area contributed by atoms with Gasteiger partial charge in [0, 0.05) is 23.4 Å². The first-order chi connectivity index (χ1) is 16.5. The molecule has 0 radical (unpaired) electrons. The molecule has 0 saturated carbocycles. The lowest BCUT2D eigenvalue weighted by molar-refractivity contribution is -0.384. The molecule has 1 aliphatic rings. The van der Waals surface area contributed by atoms with Crippen molar-refractivity contribution >= 4 is 28.8 Å². The largest absolute Gasteiger partial charge is 0.507 e. The number of hydrogen-bond acceptors (Lipinski definition) is 5. The number of carbonyl (C=O) groups excluding carboxylic acids is 2. The number of aryl methyl sites for hydroxylation is 1. The number of non-ortho nitro benzene ring substituents is 1. The quantitative estimate of drug-likeness (QED) is 0.173. The van der Waals surface area contributed by atoms with Gasteiger partial charge >= 0.3 is 6.18 Å². The summed E-state index contributed by atoms with van der Waals surface area (Å²) in [5.74, 6) is -2.75. The van der Waals surface area contributed by atoms with E-state index >= 15 is 0 Å². The number of aliphatic hydroxyl groups is 1. The second-order valence-corrected chi connectivity index (χ2v) is 7.94. The Labute approximate surface area is 196 Å². The van der Waals surface area contributed by atoms with Crippen molar-refractivity contribution in [2.45, 2.75) is 19.1 Å². The maximum absolute atomic E-state index is 13.1. The number of anilines is 1. The molecule has 1 atom stereocenters. The normalized spacial score (nSPS) is 17.6. The molecule has 1 unspecified atom stereocenters. The number of halogens is 3. The van der Waals surface area contributed by atoms with Crippen molar-refractivity contribution in [3.63, 3.8) is 0 Å². The minimum atomic E-state index is -4.59. The predicted molar refractivity (Wildman–Crippen MR) is 121 cm³/mol. The van der Waals surface area contributed by atoms with E-state index in [-0.39, 0.29) is 22.5 Å². The average molecular weight is 482 g/mol. The van der Waals surface area contributed by atoms with Gasteiger partial charge in [-0.2, -0.15) is 13.2 Å². The van der Waals surface area contributed by atoms with Gasteiger partial charge in [-0.15, -0.1) is 0 Å². The van der Waals surface area contributed by atoms with Crippen molar-refractivity contribution in [1.29, 1.82) is 0 Å². The van der Waals surface area contributed by atoms with Gasteiger partial charge < -0.3 is 5.11 Å². The number of rotatable bonds is 4. The van der Waals surface area contributed by atoms with Crippen LogP contribution in [-0.2, 0) is 15.8 Å². The highest BCUT2D eigenvalue weighted by atomic mass is 19.4. The maximum atomic E-state index is 13.1. The van der Waals surface area contributed by atoms with Gasteiger partial charge in [0.1, 0.15) is 5.76 Å². The Bertz CT molecular complexity index is 1380. The molecular formula is C25H17F3N2O5. The highest BCUT2D eigenvalue weighted by Gasteiger charge is 2.47. The molecule has 3 aromatic carbocycles. The summed E-state index contributed by atoms with van der Waals surface area (Å²) < 4.78 is 39.1. The van der Waals surface area contributed by atoms with Crippen molar-refractivity contribution in [2.24, 2.45) is 0 Å². The summed E-state index contributed by atoms with van der Waals surface area (Å²) in [5.41, 5.74) is -0.431. The smallest absolute Gasteiger partial charge is 0.416 e. The topological polar surface area (TPSA) is 101 Å². The van der Waals surface area contributed by atoms with Gasteiger partial charge in [0.15, 0.2) is 0 Å². The summed E-state index contributed by atoms with van der Waals surface area (Å²) in [6.07, 6.45) is -4.59. The zero-order valence-corrected chi connectivity index (χ0v) is 18.1. The molecule has 1 amide bonds. The van der Waals surface area contributed by atoms with Crippen LogP contribution in [0, 0.1) is 17.0 Å². The first-order valence-corrected chi connectivity index (χ1v) is 10.3. The molecule has 10 heteroatoms. The van der Waals surface area contributed by atoms with Crippen LogP contribution in [-0.4, -0.2) is 21.7 Å². The number of ketones is 1. The number of nitro groups is 1. The third-order valence-corrected chi connectivity index (χ3v) is 5.61. The molecule has 0 bridgehead atoms. The summed E-state index contributed by atoms with van der Waals surface area (Å²) in [4.78, 5) is 37.7. The van der Waals surface area contributed by atoms with E-state index in [1.54, 1.807) is 31.2 Å². The van der Waals surface area contributed by atoms with Gasteiger partial charge in [-0.05, 0) is 36.8 Å². The first-order valence-electron chi connectivity index (χ1n) is 10.3. The van der Waals surface area contributed by atoms with Gasteiger partial charge in [-0.3, -0.25) is 24.6 Å². The number of amides is 1. The van der Waals surface area contributed by atoms with E-state index < -0.39 is 40.2 Å². The molecule has 1 N–H and O–H groups in total. The number of alkyl halides is 3. The van der Waals surface area contributed by atoms with E-state index in [0.717, 1.165) is 40.8 Å². The fourth-order valence-corrected chi connectivity index (χ4v) is 3.99. The molecule has 0 aromatic heterocycles. The average Bonchev–Trinajstić information content (AvgIpc) is 3.08. The highest BCUT2D eigenvalue weighted by molar-refractivity contribution is 6.51. The van der Waals surface area contributed by atoms with Gasteiger partial charge in [0.2, 0.25) is 0 Å². The van der Waals surface area contributed by atoms with Gasteiger partial charge in [0.05, 0.1) is 22.1 Å². The molecule has 0 spiro atoms. The third kappa shape index (κ3) is 4.37. The number of Topliss-reactive ketones (excluding diaryl/α,β-unsaturated/α-hetero) is 1. The van der Waals surface area contributed by atoms with Crippen LogP contribution >= 0.6 is 0 Å². The summed E-state index contributed by atoms with van der Waals surface area (Å²) in [5, 5.41) is 22.2. The molecule has 178 valence electrons. The minimum absolute atomic E-state index is 0.0182. The second kappa shape index (κ2) is 8.71. The third-order valence-electron chi connectivity index (χ3n) is 5.61. The lowest BCUT2D eigenvalue weighted by Gasteiger charge is -2.26. The standard InChI is InChI=1S/C25H17F3N2O5/c1-14-4-2-5-15(12-14)21-20(22(31)16-6-3-7-19(13-16)30(34)35)23(32)24(33)29(21)18-10-8-17(9-11-18)25(26,27)28/h2-13,21,31H,1H3/b22-20-. The maximum Gasteiger partial charge on any atom is 0.416 e. The van der Waals surface area contributed by atoms with Crippen molar-refractivity contribution in [2.75, 3.05) is 4.90 Å². The van der Waals surface area contributed by atoms with Crippen LogP contribution in [0.25, 0.3) is 5.76 Å². The molecular weight excluding hydrogens is 465 g/mol. The van der Waals surface area contributed by atoms with E-state index in [2.05, 4.69) is 0 Å². The van der Waals surface area contributed by atoms with Crippen molar-refractivity contribution in [3.05, 3.63) is 111 Å². The monoisotopic (exact) mass is 482 g/mol. The second-order valence-electron chi connectivity index (χ2n) is 7.94. The summed E-state index contributed by atoms with van der Waals surface area (Å²) in [6.45, 7) is 1.77. The van der Waals surface area contributed by atoms with Gasteiger partial charge in [0.25, 0.3) is 17.4 Å². The Balaban J connectivity index is 1.92. The molecule has 0 aliphatic carbocycles. The van der Waals surface area contributed by atoms with E-state index in [4.69, 9.17) is 0 Å². The van der Waals surface area contributed by atoms with Gasteiger partial charge in [-0.1, -0.05) is 42.0 Å². The molecule has 3 aromatic rings. The zero-order valence-electron chi connectivity index (χ0n) is 18.1. The summed E-state index contributed by atoms with van der Waals surface area (Å²) in [6, 6.07) is 14.2. The molecule has 1 fully saturated rings. The van der Waals surface area contributed by atoms with Crippen LogP contribution in [0.4, 0.5) is 24.5 Å². The number of nitrogens with zero attached hydrogens (tertiary/aromatic N) is 2. The van der Waals surface area contributed by atoms with Crippen molar-refractivity contribution < 1.29 is 32.8 Å².